The second-order valence-corrected chi connectivity index (χ2v) is 6.27. The predicted molar refractivity (Wildman–Crippen MR) is 91.4 cm³/mol. The zero-order chi connectivity index (χ0) is 18.0. The number of halogens is 2. The first-order chi connectivity index (χ1) is 12.0. The molecule has 1 fully saturated rings. The van der Waals surface area contributed by atoms with Gasteiger partial charge in [-0.1, -0.05) is 11.6 Å². The highest BCUT2D eigenvalue weighted by Crippen LogP contribution is 2.23. The summed E-state index contributed by atoms with van der Waals surface area (Å²) in [7, 11) is 0. The van der Waals surface area contributed by atoms with E-state index in [4.69, 9.17) is 11.6 Å². The number of rotatable bonds is 4. The van der Waals surface area contributed by atoms with Crippen molar-refractivity contribution >= 4 is 23.4 Å². The molecule has 1 aliphatic rings. The Labute approximate surface area is 149 Å². The van der Waals surface area contributed by atoms with Crippen LogP contribution in [0.5, 0.6) is 0 Å². The molecule has 1 aromatic carbocycles. The van der Waals surface area contributed by atoms with E-state index in [0.717, 1.165) is 25.9 Å². The van der Waals surface area contributed by atoms with Crippen molar-refractivity contribution in [3.8, 4) is 5.69 Å². The highest BCUT2D eigenvalue weighted by Gasteiger charge is 2.23. The van der Waals surface area contributed by atoms with Crippen molar-refractivity contribution < 1.29 is 14.0 Å². The number of amides is 2. The van der Waals surface area contributed by atoms with Gasteiger partial charge in [0.15, 0.2) is 0 Å². The first-order valence-electron chi connectivity index (χ1n) is 8.04. The predicted octanol–water partition coefficient (Wildman–Crippen LogP) is 2.33. The first-order valence-corrected chi connectivity index (χ1v) is 8.42. The van der Waals surface area contributed by atoms with Crippen LogP contribution in [0.25, 0.3) is 5.69 Å². The van der Waals surface area contributed by atoms with Crippen molar-refractivity contribution in [2.75, 3.05) is 19.6 Å². The van der Waals surface area contributed by atoms with Crippen LogP contribution in [-0.2, 0) is 4.79 Å². The topological polar surface area (TPSA) is 67.2 Å². The summed E-state index contributed by atoms with van der Waals surface area (Å²) in [5.74, 6) is -0.934. The Kier molecular flexibility index (Phi) is 5.03. The molecule has 0 aliphatic carbocycles. The molecule has 2 aromatic rings. The van der Waals surface area contributed by atoms with Crippen molar-refractivity contribution in [1.29, 1.82) is 0 Å². The fourth-order valence-electron chi connectivity index (χ4n) is 2.83. The molecule has 6 nitrogen and oxygen atoms in total. The first kappa shape index (κ1) is 17.4. The Bertz CT molecular complexity index is 798. The third-order valence-corrected chi connectivity index (χ3v) is 4.51. The standard InChI is InChI=1S/C17H18ClFN4O2/c1-11-15(17(25)20-10-14(24)22-8-2-3-9-22)16(18)23(21-11)13-6-4-12(19)5-7-13/h4-7H,2-3,8-10H2,1H3,(H,20,25). The fourth-order valence-corrected chi connectivity index (χ4v) is 3.19. The number of nitrogens with one attached hydrogen (secondary N) is 1. The number of benzene rings is 1. The van der Waals surface area contributed by atoms with Crippen LogP contribution in [0.2, 0.25) is 5.15 Å². The minimum absolute atomic E-state index is 0.0731. The maximum atomic E-state index is 13.1. The van der Waals surface area contributed by atoms with Gasteiger partial charge >= 0.3 is 0 Å². The molecule has 0 saturated carbocycles. The van der Waals surface area contributed by atoms with E-state index < -0.39 is 5.91 Å². The van der Waals surface area contributed by atoms with Gasteiger partial charge < -0.3 is 10.2 Å². The SMILES string of the molecule is Cc1nn(-c2ccc(F)cc2)c(Cl)c1C(=O)NCC(=O)N1CCCC1. The Balaban J connectivity index is 1.74. The number of hydrogen-bond acceptors (Lipinski definition) is 3. The van der Waals surface area contributed by atoms with Gasteiger partial charge in [0.1, 0.15) is 11.0 Å². The van der Waals surface area contributed by atoms with Crippen LogP contribution in [0.15, 0.2) is 24.3 Å². The Morgan fingerprint density at radius 3 is 2.52 bits per heavy atom. The zero-order valence-electron chi connectivity index (χ0n) is 13.8. The van der Waals surface area contributed by atoms with Crippen LogP contribution in [0.4, 0.5) is 4.39 Å². The van der Waals surface area contributed by atoms with Gasteiger partial charge in [-0.25, -0.2) is 9.07 Å². The molecule has 25 heavy (non-hydrogen) atoms. The molecular formula is C17H18ClFN4O2. The van der Waals surface area contributed by atoms with Crippen molar-refractivity contribution in [3.63, 3.8) is 0 Å². The molecule has 1 aliphatic heterocycles. The summed E-state index contributed by atoms with van der Waals surface area (Å²) in [6, 6.07) is 5.62. The minimum atomic E-state index is -0.455. The minimum Gasteiger partial charge on any atom is -0.343 e. The molecule has 0 bridgehead atoms. The lowest BCUT2D eigenvalue weighted by Gasteiger charge is -2.15. The Hall–Kier alpha value is -2.41. The lowest BCUT2D eigenvalue weighted by Crippen LogP contribution is -2.38. The summed E-state index contributed by atoms with van der Waals surface area (Å²) < 4.78 is 14.4. The van der Waals surface area contributed by atoms with E-state index in [1.807, 2.05) is 0 Å². The summed E-state index contributed by atoms with van der Waals surface area (Å²) in [4.78, 5) is 26.2. The lowest BCUT2D eigenvalue weighted by atomic mass is 10.2. The maximum absolute atomic E-state index is 13.1. The molecule has 1 saturated heterocycles. The van der Waals surface area contributed by atoms with E-state index in [1.165, 1.54) is 28.9 Å². The smallest absolute Gasteiger partial charge is 0.256 e. The molecule has 8 heteroatoms. The molecule has 0 spiro atoms. The third kappa shape index (κ3) is 3.66. The second kappa shape index (κ2) is 7.23. The van der Waals surface area contributed by atoms with E-state index in [1.54, 1.807) is 11.8 Å². The summed E-state index contributed by atoms with van der Waals surface area (Å²) in [6.07, 6.45) is 1.99. The number of hydrogen-bond donors (Lipinski definition) is 1. The van der Waals surface area contributed by atoms with Gasteiger partial charge in [-0.15, -0.1) is 0 Å². The summed E-state index contributed by atoms with van der Waals surface area (Å²) >= 11 is 6.29. The van der Waals surface area contributed by atoms with Gasteiger partial charge in [0.05, 0.1) is 23.5 Å². The largest absolute Gasteiger partial charge is 0.343 e. The summed E-state index contributed by atoms with van der Waals surface area (Å²) in [5.41, 5.74) is 1.18. The normalized spacial score (nSPS) is 14.0. The van der Waals surface area contributed by atoms with E-state index in [0.29, 0.717) is 11.4 Å². The molecule has 0 unspecified atom stereocenters. The van der Waals surface area contributed by atoms with Gasteiger partial charge in [-0.3, -0.25) is 9.59 Å². The van der Waals surface area contributed by atoms with E-state index in [-0.39, 0.29) is 29.0 Å². The van der Waals surface area contributed by atoms with Gasteiger partial charge in [0, 0.05) is 13.1 Å². The number of aromatic nitrogens is 2. The van der Waals surface area contributed by atoms with Crippen LogP contribution in [0.3, 0.4) is 0 Å². The van der Waals surface area contributed by atoms with Crippen LogP contribution >= 0.6 is 11.6 Å². The number of carbonyl (C=O) groups is 2. The van der Waals surface area contributed by atoms with Gasteiger partial charge in [-0.05, 0) is 44.0 Å². The van der Waals surface area contributed by atoms with Crippen LogP contribution in [0, 0.1) is 12.7 Å². The Morgan fingerprint density at radius 1 is 1.24 bits per heavy atom. The lowest BCUT2D eigenvalue weighted by molar-refractivity contribution is -0.129. The van der Waals surface area contributed by atoms with Gasteiger partial charge in [0.25, 0.3) is 5.91 Å². The summed E-state index contributed by atoms with van der Waals surface area (Å²) in [6.45, 7) is 3.05. The number of likely N-dealkylation sites (tertiary alicyclic amines) is 1. The quantitative estimate of drug-likeness (QED) is 0.905. The molecule has 1 N–H and O–H groups in total. The Morgan fingerprint density at radius 2 is 1.88 bits per heavy atom. The van der Waals surface area contributed by atoms with Gasteiger partial charge in [-0.2, -0.15) is 5.10 Å². The van der Waals surface area contributed by atoms with E-state index >= 15 is 0 Å². The second-order valence-electron chi connectivity index (χ2n) is 5.91. The summed E-state index contributed by atoms with van der Waals surface area (Å²) in [5, 5.41) is 6.97. The number of carbonyl (C=O) groups excluding carboxylic acids is 2. The van der Waals surface area contributed by atoms with Gasteiger partial charge in [0.2, 0.25) is 5.91 Å². The zero-order valence-corrected chi connectivity index (χ0v) is 14.5. The molecule has 2 amide bonds. The van der Waals surface area contributed by atoms with E-state index in [9.17, 15) is 14.0 Å². The fraction of sp³-hybridized carbons (Fsp3) is 0.353. The van der Waals surface area contributed by atoms with Crippen molar-refractivity contribution in [3.05, 3.63) is 46.5 Å². The average molecular weight is 365 g/mol. The molecule has 0 atom stereocenters. The molecular weight excluding hydrogens is 347 g/mol. The van der Waals surface area contributed by atoms with E-state index in [2.05, 4.69) is 10.4 Å². The number of aryl methyl sites for hydroxylation is 1. The monoisotopic (exact) mass is 364 g/mol. The van der Waals surface area contributed by atoms with Crippen LogP contribution in [0.1, 0.15) is 28.9 Å². The molecule has 132 valence electrons. The molecule has 3 rings (SSSR count). The number of nitrogens with zero attached hydrogens (tertiary/aromatic N) is 3. The highest BCUT2D eigenvalue weighted by molar-refractivity contribution is 6.33. The van der Waals surface area contributed by atoms with Crippen molar-refractivity contribution in [1.82, 2.24) is 20.0 Å². The molecule has 0 radical (unpaired) electrons. The van der Waals surface area contributed by atoms with Crippen LogP contribution in [-0.4, -0.2) is 46.1 Å². The van der Waals surface area contributed by atoms with Crippen molar-refractivity contribution in [2.45, 2.75) is 19.8 Å². The van der Waals surface area contributed by atoms with Crippen molar-refractivity contribution in [2.24, 2.45) is 0 Å². The highest BCUT2D eigenvalue weighted by atomic mass is 35.5. The third-order valence-electron chi connectivity index (χ3n) is 4.16. The maximum Gasteiger partial charge on any atom is 0.256 e. The average Bonchev–Trinajstić information content (AvgIpc) is 3.22. The molecule has 2 heterocycles. The molecule has 1 aromatic heterocycles. The van der Waals surface area contributed by atoms with Crippen LogP contribution < -0.4 is 5.32 Å².